The molecule has 1 aromatic heterocycles. The van der Waals surface area contributed by atoms with E-state index in [0.717, 1.165) is 12.6 Å². The van der Waals surface area contributed by atoms with E-state index in [2.05, 4.69) is 27.1 Å². The molecule has 16 heavy (non-hydrogen) atoms. The molecule has 0 radical (unpaired) electrons. The van der Waals surface area contributed by atoms with Crippen LogP contribution in [0.1, 0.15) is 25.5 Å². The highest BCUT2D eigenvalue weighted by Gasteiger charge is 2.34. The number of hydrogen-bond acceptors (Lipinski definition) is 4. The highest BCUT2D eigenvalue weighted by Crippen LogP contribution is 2.25. The molecular weight excluding hydrogens is 218 g/mol. The van der Waals surface area contributed by atoms with Crippen LogP contribution >= 0.6 is 11.3 Å². The van der Waals surface area contributed by atoms with E-state index in [0.29, 0.717) is 6.04 Å². The van der Waals surface area contributed by atoms with Crippen LogP contribution in [0.3, 0.4) is 0 Å². The second-order valence-electron chi connectivity index (χ2n) is 5.05. The zero-order valence-electron chi connectivity index (χ0n) is 9.80. The van der Waals surface area contributed by atoms with Crippen molar-refractivity contribution in [2.45, 2.75) is 38.4 Å². The number of fused-ring (bicyclic) bond motifs is 1. The molecule has 4 heteroatoms. The summed E-state index contributed by atoms with van der Waals surface area (Å²) in [6.45, 7) is 7.18. The molecule has 0 spiro atoms. The Kier molecular flexibility index (Phi) is 2.96. The van der Waals surface area contributed by atoms with Gasteiger partial charge in [-0.1, -0.05) is 0 Å². The number of aromatic nitrogens is 1. The highest BCUT2D eigenvalue weighted by molar-refractivity contribution is 7.07. The third-order valence-corrected chi connectivity index (χ3v) is 4.55. The maximum absolute atomic E-state index is 4.39. The number of rotatable bonds is 2. The first-order valence-corrected chi connectivity index (χ1v) is 7.12. The molecule has 0 aromatic carbocycles. The minimum absolute atomic E-state index is 0.677. The van der Waals surface area contributed by atoms with Crippen molar-refractivity contribution in [1.82, 2.24) is 14.8 Å². The van der Waals surface area contributed by atoms with Crippen molar-refractivity contribution in [1.29, 1.82) is 0 Å². The minimum Gasteiger partial charge on any atom is -0.298 e. The van der Waals surface area contributed by atoms with Gasteiger partial charge >= 0.3 is 0 Å². The molecule has 0 aliphatic carbocycles. The zero-order valence-corrected chi connectivity index (χ0v) is 10.6. The van der Waals surface area contributed by atoms with Crippen LogP contribution in [0, 0.1) is 0 Å². The molecule has 0 N–H and O–H groups in total. The molecule has 0 saturated carbocycles. The van der Waals surface area contributed by atoms with Gasteiger partial charge in [0.1, 0.15) is 0 Å². The summed E-state index contributed by atoms with van der Waals surface area (Å²) in [6, 6.07) is 1.49. The van der Waals surface area contributed by atoms with E-state index in [4.69, 9.17) is 0 Å². The summed E-state index contributed by atoms with van der Waals surface area (Å²) >= 11 is 1.70. The molecule has 2 saturated heterocycles. The predicted octanol–water partition coefficient (Wildman–Crippen LogP) is 1.81. The molecule has 3 heterocycles. The normalized spacial score (nSPS) is 31.8. The molecule has 2 fully saturated rings. The second kappa shape index (κ2) is 4.43. The van der Waals surface area contributed by atoms with Gasteiger partial charge < -0.3 is 0 Å². The molecule has 0 bridgehead atoms. The van der Waals surface area contributed by atoms with Crippen LogP contribution in [0.4, 0.5) is 0 Å². The lowest BCUT2D eigenvalue weighted by molar-refractivity contribution is 0.0533. The Morgan fingerprint density at radius 2 is 2.44 bits per heavy atom. The molecule has 2 aliphatic heterocycles. The van der Waals surface area contributed by atoms with Gasteiger partial charge in [-0.15, -0.1) is 11.3 Å². The summed E-state index contributed by atoms with van der Waals surface area (Å²) < 4.78 is 0. The van der Waals surface area contributed by atoms with E-state index in [1.165, 1.54) is 38.2 Å². The van der Waals surface area contributed by atoms with E-state index in [1.807, 2.05) is 5.51 Å². The Balaban J connectivity index is 1.66. The van der Waals surface area contributed by atoms with Gasteiger partial charge in [-0.05, 0) is 26.3 Å². The first-order chi connectivity index (χ1) is 7.83. The lowest BCUT2D eigenvalue weighted by Gasteiger charge is -2.42. The smallest absolute Gasteiger partial charge is 0.0795 e. The van der Waals surface area contributed by atoms with Crippen LogP contribution in [0.25, 0.3) is 0 Å². The first-order valence-electron chi connectivity index (χ1n) is 6.18. The van der Waals surface area contributed by atoms with E-state index >= 15 is 0 Å². The van der Waals surface area contributed by atoms with Crippen molar-refractivity contribution in [2.24, 2.45) is 0 Å². The summed E-state index contributed by atoms with van der Waals surface area (Å²) in [5, 5.41) is 2.17. The summed E-state index contributed by atoms with van der Waals surface area (Å²) in [4.78, 5) is 9.66. The Bertz CT molecular complexity index is 338. The topological polar surface area (TPSA) is 19.4 Å². The summed E-state index contributed by atoms with van der Waals surface area (Å²) in [5.41, 5.74) is 3.18. The van der Waals surface area contributed by atoms with Crippen LogP contribution in [0.5, 0.6) is 0 Å². The number of thiazole rings is 1. The fourth-order valence-electron chi connectivity index (χ4n) is 2.99. The molecule has 88 valence electrons. The fourth-order valence-corrected chi connectivity index (χ4v) is 3.54. The van der Waals surface area contributed by atoms with Crippen molar-refractivity contribution in [3.63, 3.8) is 0 Å². The number of hydrogen-bond donors (Lipinski definition) is 0. The van der Waals surface area contributed by atoms with E-state index in [1.54, 1.807) is 11.3 Å². The average molecular weight is 237 g/mol. The van der Waals surface area contributed by atoms with Crippen LogP contribution in [0.15, 0.2) is 10.9 Å². The van der Waals surface area contributed by atoms with Crippen molar-refractivity contribution >= 4 is 11.3 Å². The standard InChI is InChI=1S/C12H19N3S/c1-10-5-14-4-2-3-12(14)7-15(10)6-11-8-16-9-13-11/h8-10,12H,2-7H2,1H3. The van der Waals surface area contributed by atoms with Gasteiger partial charge in [0.05, 0.1) is 11.2 Å². The van der Waals surface area contributed by atoms with Crippen LogP contribution < -0.4 is 0 Å². The van der Waals surface area contributed by atoms with Gasteiger partial charge in [-0.25, -0.2) is 4.98 Å². The molecule has 3 nitrogen and oxygen atoms in total. The molecule has 1 aromatic rings. The highest BCUT2D eigenvalue weighted by atomic mass is 32.1. The molecule has 3 rings (SSSR count). The van der Waals surface area contributed by atoms with Gasteiger partial charge in [0.25, 0.3) is 0 Å². The molecule has 0 amide bonds. The predicted molar refractivity (Wildman–Crippen MR) is 66.6 cm³/mol. The lowest BCUT2D eigenvalue weighted by atomic mass is 10.1. The monoisotopic (exact) mass is 237 g/mol. The summed E-state index contributed by atoms with van der Waals surface area (Å²) in [7, 11) is 0. The van der Waals surface area contributed by atoms with Crippen LogP contribution in [-0.2, 0) is 6.54 Å². The van der Waals surface area contributed by atoms with Crippen molar-refractivity contribution in [2.75, 3.05) is 19.6 Å². The maximum atomic E-state index is 4.39. The van der Waals surface area contributed by atoms with Gasteiger partial charge in [0, 0.05) is 37.1 Å². The van der Waals surface area contributed by atoms with Gasteiger partial charge in [-0.3, -0.25) is 9.80 Å². The maximum Gasteiger partial charge on any atom is 0.0795 e. The zero-order chi connectivity index (χ0) is 11.0. The van der Waals surface area contributed by atoms with E-state index in [-0.39, 0.29) is 0 Å². The number of piperazine rings is 1. The fraction of sp³-hybridized carbons (Fsp3) is 0.750. The van der Waals surface area contributed by atoms with E-state index < -0.39 is 0 Å². The van der Waals surface area contributed by atoms with Crippen molar-refractivity contribution < 1.29 is 0 Å². The van der Waals surface area contributed by atoms with E-state index in [9.17, 15) is 0 Å². The Hall–Kier alpha value is -0.450. The first kappa shape index (κ1) is 10.7. The minimum atomic E-state index is 0.677. The molecule has 2 unspecified atom stereocenters. The Morgan fingerprint density at radius 1 is 1.50 bits per heavy atom. The van der Waals surface area contributed by atoms with Crippen LogP contribution in [0.2, 0.25) is 0 Å². The third kappa shape index (κ3) is 2.01. The van der Waals surface area contributed by atoms with Crippen molar-refractivity contribution in [3.05, 3.63) is 16.6 Å². The van der Waals surface area contributed by atoms with Gasteiger partial charge in [0.2, 0.25) is 0 Å². The average Bonchev–Trinajstić information content (AvgIpc) is 2.89. The molecular formula is C12H19N3S. The van der Waals surface area contributed by atoms with Gasteiger partial charge in [0.15, 0.2) is 0 Å². The SMILES string of the molecule is CC1CN2CCCC2CN1Cc1cscn1. The number of nitrogens with zero attached hydrogens (tertiary/aromatic N) is 3. The molecule has 2 atom stereocenters. The van der Waals surface area contributed by atoms with Crippen LogP contribution in [-0.4, -0.2) is 46.5 Å². The van der Waals surface area contributed by atoms with Crippen molar-refractivity contribution in [3.8, 4) is 0 Å². The molecule has 2 aliphatic rings. The summed E-state index contributed by atoms with van der Waals surface area (Å²) in [5.74, 6) is 0. The second-order valence-corrected chi connectivity index (χ2v) is 5.77. The summed E-state index contributed by atoms with van der Waals surface area (Å²) in [6.07, 6.45) is 2.78. The lowest BCUT2D eigenvalue weighted by Crippen LogP contribution is -2.54. The van der Waals surface area contributed by atoms with Gasteiger partial charge in [-0.2, -0.15) is 0 Å². The third-order valence-electron chi connectivity index (χ3n) is 3.91. The quantitative estimate of drug-likeness (QED) is 0.782. The Labute approximate surface area is 101 Å². The largest absolute Gasteiger partial charge is 0.298 e. The Morgan fingerprint density at radius 3 is 3.25 bits per heavy atom.